The zero-order valence-corrected chi connectivity index (χ0v) is 28.3. The minimum atomic E-state index is -2.53. The Kier molecular flexibility index (Phi) is 12.3. The summed E-state index contributed by atoms with van der Waals surface area (Å²) < 4.78 is 64.8. The quantitative estimate of drug-likeness (QED) is 0.182. The second-order valence-electron chi connectivity index (χ2n) is 13.0. The lowest BCUT2D eigenvalue weighted by Gasteiger charge is -2.50. The number of hydrogen-bond donors (Lipinski definition) is 3. The molecule has 4 aromatic rings. The van der Waals surface area contributed by atoms with E-state index in [1.54, 1.807) is 0 Å². The molecular formula is C40H43FO11. The van der Waals surface area contributed by atoms with Crippen molar-refractivity contribution in [3.8, 4) is 0 Å². The molecule has 4 aromatic carbocycles. The number of hydrogen-bond acceptors (Lipinski definition) is 11. The molecule has 3 fully saturated rings. The van der Waals surface area contributed by atoms with E-state index in [-0.39, 0.29) is 26.4 Å². The number of aliphatic hydroxyl groups excluding tert-OH is 3. The molecule has 0 spiro atoms. The summed E-state index contributed by atoms with van der Waals surface area (Å²) in [5.41, 5.74) is 3.20. The van der Waals surface area contributed by atoms with Crippen LogP contribution in [-0.2, 0) is 57.7 Å². The van der Waals surface area contributed by atoms with Crippen molar-refractivity contribution in [1.82, 2.24) is 0 Å². The topological polar surface area (TPSA) is 135 Å². The number of rotatable bonds is 13. The number of ether oxygens (including phenoxy) is 8. The van der Waals surface area contributed by atoms with Crippen LogP contribution in [0.2, 0.25) is 0 Å². The monoisotopic (exact) mass is 718 g/mol. The standard InChI is InChI=1S/C40H43FO11/c41-37(43)35-33(45-21-25-13-5-1-6-14-25)34(46-22-26-15-7-2-8-16-26)36(47-23-27-17-9-3-10-18-27)40(52-35)51-32-30(42)31-29(49-38(32)44)24-48-39(50-31)28-19-11-4-12-20-28/h1-20,29-40,42-44H,21-24H2/t29-,30+,31-,32-,33+,34+,35+,36-,37?,38+,39?,40+/m1/s1. The van der Waals surface area contributed by atoms with E-state index < -0.39 is 74.1 Å². The molecule has 12 atom stereocenters. The van der Waals surface area contributed by atoms with Gasteiger partial charge in [-0.3, -0.25) is 0 Å². The molecule has 3 aliphatic rings. The molecule has 0 aliphatic carbocycles. The van der Waals surface area contributed by atoms with Crippen LogP contribution in [0.25, 0.3) is 0 Å². The van der Waals surface area contributed by atoms with Crippen LogP contribution in [0.3, 0.4) is 0 Å². The van der Waals surface area contributed by atoms with Gasteiger partial charge in [-0.1, -0.05) is 121 Å². The number of halogens is 1. The van der Waals surface area contributed by atoms with Crippen LogP contribution in [0.4, 0.5) is 4.39 Å². The van der Waals surface area contributed by atoms with Crippen LogP contribution >= 0.6 is 0 Å². The molecule has 7 rings (SSSR count). The van der Waals surface area contributed by atoms with Crippen molar-refractivity contribution < 1.29 is 57.6 Å². The molecule has 0 amide bonds. The lowest BCUT2D eigenvalue weighted by Crippen LogP contribution is -2.67. The second kappa shape index (κ2) is 17.5. The van der Waals surface area contributed by atoms with Gasteiger partial charge in [0.1, 0.15) is 48.8 Å². The van der Waals surface area contributed by atoms with Crippen molar-refractivity contribution in [2.45, 2.75) is 93.9 Å². The largest absolute Gasteiger partial charge is 0.387 e. The summed E-state index contributed by atoms with van der Waals surface area (Å²) in [7, 11) is 0. The highest BCUT2D eigenvalue weighted by molar-refractivity contribution is 5.18. The molecule has 3 N–H and O–H groups in total. The molecule has 52 heavy (non-hydrogen) atoms. The first-order chi connectivity index (χ1) is 25.4. The smallest absolute Gasteiger partial charge is 0.225 e. The highest BCUT2D eigenvalue weighted by Gasteiger charge is 2.55. The van der Waals surface area contributed by atoms with Crippen molar-refractivity contribution in [2.24, 2.45) is 0 Å². The molecule has 12 heteroatoms. The van der Waals surface area contributed by atoms with E-state index in [9.17, 15) is 15.3 Å². The zero-order valence-electron chi connectivity index (χ0n) is 28.3. The van der Waals surface area contributed by atoms with E-state index in [4.69, 9.17) is 37.9 Å². The van der Waals surface area contributed by atoms with Crippen LogP contribution < -0.4 is 0 Å². The summed E-state index contributed by atoms with van der Waals surface area (Å²) >= 11 is 0. The van der Waals surface area contributed by atoms with E-state index in [2.05, 4.69) is 0 Å². The van der Waals surface area contributed by atoms with E-state index in [0.29, 0.717) is 0 Å². The van der Waals surface area contributed by atoms with Crippen molar-refractivity contribution >= 4 is 0 Å². The lowest BCUT2D eigenvalue weighted by molar-refractivity contribution is -0.398. The lowest BCUT2D eigenvalue weighted by atomic mass is 9.95. The third-order valence-electron chi connectivity index (χ3n) is 9.35. The molecule has 0 bridgehead atoms. The number of benzene rings is 4. The van der Waals surface area contributed by atoms with Crippen LogP contribution in [0, 0.1) is 0 Å². The van der Waals surface area contributed by atoms with Crippen molar-refractivity contribution in [2.75, 3.05) is 6.61 Å². The average molecular weight is 719 g/mol. The maximum absolute atomic E-state index is 15.2. The van der Waals surface area contributed by atoms with Gasteiger partial charge in [-0.15, -0.1) is 0 Å². The molecule has 0 radical (unpaired) electrons. The molecule has 3 heterocycles. The maximum atomic E-state index is 15.2. The van der Waals surface area contributed by atoms with E-state index in [1.165, 1.54) is 0 Å². The maximum Gasteiger partial charge on any atom is 0.225 e. The van der Waals surface area contributed by atoms with Gasteiger partial charge < -0.3 is 53.2 Å². The van der Waals surface area contributed by atoms with Gasteiger partial charge in [0.25, 0.3) is 0 Å². The first-order valence-corrected chi connectivity index (χ1v) is 17.4. The summed E-state index contributed by atoms with van der Waals surface area (Å²) in [5, 5.41) is 33.3. The molecular weight excluding hydrogens is 675 g/mol. The first-order valence-electron chi connectivity index (χ1n) is 17.4. The summed E-state index contributed by atoms with van der Waals surface area (Å²) in [6, 6.07) is 37.3. The van der Waals surface area contributed by atoms with Gasteiger partial charge in [0.15, 0.2) is 18.9 Å². The van der Waals surface area contributed by atoms with E-state index >= 15 is 4.39 Å². The van der Waals surface area contributed by atoms with Crippen LogP contribution in [0.5, 0.6) is 0 Å². The Labute approximate surface area is 301 Å². The van der Waals surface area contributed by atoms with Crippen molar-refractivity contribution in [3.05, 3.63) is 144 Å². The molecule has 3 saturated heterocycles. The van der Waals surface area contributed by atoms with Gasteiger partial charge in [0.2, 0.25) is 6.36 Å². The van der Waals surface area contributed by atoms with Crippen LogP contribution in [0.1, 0.15) is 28.5 Å². The number of fused-ring (bicyclic) bond motifs is 1. The fourth-order valence-corrected chi connectivity index (χ4v) is 6.69. The normalized spacial score (nSPS) is 32.5. The molecule has 0 saturated carbocycles. The zero-order chi connectivity index (χ0) is 35.9. The van der Waals surface area contributed by atoms with Gasteiger partial charge in [-0.2, -0.15) is 0 Å². The summed E-state index contributed by atoms with van der Waals surface area (Å²) in [6.07, 6.45) is -16.1. The van der Waals surface area contributed by atoms with Crippen molar-refractivity contribution in [1.29, 1.82) is 0 Å². The average Bonchev–Trinajstić information content (AvgIpc) is 3.18. The summed E-state index contributed by atoms with van der Waals surface area (Å²) in [5.74, 6) is 0. The van der Waals surface area contributed by atoms with E-state index in [1.807, 2.05) is 121 Å². The first kappa shape index (κ1) is 36.7. The minimum absolute atomic E-state index is 0.0414. The van der Waals surface area contributed by atoms with Crippen LogP contribution in [-0.4, -0.2) is 89.7 Å². The highest BCUT2D eigenvalue weighted by Crippen LogP contribution is 2.38. The number of aliphatic hydroxyl groups is 3. The van der Waals surface area contributed by atoms with Gasteiger partial charge >= 0.3 is 0 Å². The van der Waals surface area contributed by atoms with Crippen molar-refractivity contribution in [3.63, 3.8) is 0 Å². The predicted octanol–water partition coefficient (Wildman–Crippen LogP) is 4.33. The Morgan fingerprint density at radius 1 is 0.615 bits per heavy atom. The van der Waals surface area contributed by atoms with Gasteiger partial charge in [-0.25, -0.2) is 4.39 Å². The Morgan fingerprint density at radius 2 is 1.12 bits per heavy atom. The minimum Gasteiger partial charge on any atom is -0.387 e. The van der Waals surface area contributed by atoms with Gasteiger partial charge in [0, 0.05) is 5.56 Å². The summed E-state index contributed by atoms with van der Waals surface area (Å²) in [4.78, 5) is 0. The third-order valence-corrected chi connectivity index (χ3v) is 9.35. The van der Waals surface area contributed by atoms with Gasteiger partial charge in [0.05, 0.1) is 26.4 Å². The van der Waals surface area contributed by atoms with Crippen LogP contribution in [0.15, 0.2) is 121 Å². The Hall–Kier alpha value is -3.63. The summed E-state index contributed by atoms with van der Waals surface area (Å²) in [6.45, 7) is 0.253. The SMILES string of the molecule is OC(F)[C@H]1O[C@H](O[C@@H]2[C@@H](O)[C@@H]3OC(c4ccccc4)OC[C@H]3O[C@@H]2O)[C@H](OCc2ccccc2)[C@@H](OCc2ccccc2)[C@@H]1OCc1ccccc1. The Balaban J connectivity index is 1.18. The highest BCUT2D eigenvalue weighted by atomic mass is 19.1. The fourth-order valence-electron chi connectivity index (χ4n) is 6.69. The molecule has 2 unspecified atom stereocenters. The second-order valence-corrected chi connectivity index (χ2v) is 13.0. The van der Waals surface area contributed by atoms with Gasteiger partial charge in [-0.05, 0) is 16.7 Å². The number of alkyl halides is 1. The molecule has 276 valence electrons. The molecule has 11 nitrogen and oxygen atoms in total. The fraction of sp³-hybridized carbons (Fsp3) is 0.400. The molecule has 3 aliphatic heterocycles. The predicted molar refractivity (Wildman–Crippen MR) is 183 cm³/mol. The van der Waals surface area contributed by atoms with E-state index in [0.717, 1.165) is 22.3 Å². The molecule has 0 aromatic heterocycles. The Morgan fingerprint density at radius 3 is 1.65 bits per heavy atom. The third kappa shape index (κ3) is 8.76. The Bertz CT molecular complexity index is 1640.